The van der Waals surface area contributed by atoms with Crippen molar-refractivity contribution in [2.24, 2.45) is 0 Å². The molecule has 8 heteroatoms. The molecule has 0 bridgehead atoms. The zero-order chi connectivity index (χ0) is 22.7. The van der Waals surface area contributed by atoms with Crippen LogP contribution in [0.5, 0.6) is 0 Å². The van der Waals surface area contributed by atoms with E-state index in [2.05, 4.69) is 10.4 Å². The quantitative estimate of drug-likeness (QED) is 0.625. The molecule has 0 aliphatic carbocycles. The van der Waals surface area contributed by atoms with Gasteiger partial charge in [-0.25, -0.2) is 13.1 Å². The van der Waals surface area contributed by atoms with Gasteiger partial charge in [-0.15, -0.1) is 0 Å². The van der Waals surface area contributed by atoms with Gasteiger partial charge < -0.3 is 5.32 Å². The van der Waals surface area contributed by atoms with E-state index in [9.17, 15) is 13.2 Å². The Hall–Kier alpha value is -2.97. The number of sulfonamides is 1. The molecular formula is C24H28N4O3S. The highest BCUT2D eigenvalue weighted by Crippen LogP contribution is 2.22. The Morgan fingerprint density at radius 3 is 2.31 bits per heavy atom. The second-order valence-electron chi connectivity index (χ2n) is 8.19. The second kappa shape index (κ2) is 9.26. The molecule has 0 unspecified atom stereocenters. The fourth-order valence-electron chi connectivity index (χ4n) is 3.99. The van der Waals surface area contributed by atoms with Crippen LogP contribution in [-0.4, -0.2) is 41.5 Å². The third kappa shape index (κ3) is 4.61. The van der Waals surface area contributed by atoms with E-state index in [1.54, 1.807) is 39.4 Å². The number of nitrogens with zero attached hydrogens (tertiary/aromatic N) is 3. The average Bonchev–Trinajstić information content (AvgIpc) is 2.97. The van der Waals surface area contributed by atoms with E-state index < -0.39 is 10.0 Å². The molecule has 2 aromatic carbocycles. The lowest BCUT2D eigenvalue weighted by molar-refractivity contribution is 0.102. The summed E-state index contributed by atoms with van der Waals surface area (Å²) in [6.07, 6.45) is 5.46. The Labute approximate surface area is 189 Å². The van der Waals surface area contributed by atoms with E-state index in [1.807, 2.05) is 38.1 Å². The highest BCUT2D eigenvalue weighted by atomic mass is 32.2. The van der Waals surface area contributed by atoms with Gasteiger partial charge in [0.05, 0.1) is 28.0 Å². The summed E-state index contributed by atoms with van der Waals surface area (Å²) in [6, 6.07) is 14.3. The van der Waals surface area contributed by atoms with Crippen LogP contribution in [0, 0.1) is 13.8 Å². The van der Waals surface area contributed by atoms with Gasteiger partial charge in [-0.1, -0.05) is 25.0 Å². The summed E-state index contributed by atoms with van der Waals surface area (Å²) in [5.41, 5.74) is 3.73. The van der Waals surface area contributed by atoms with E-state index in [0.717, 1.165) is 42.6 Å². The van der Waals surface area contributed by atoms with Gasteiger partial charge in [0.25, 0.3) is 5.91 Å². The molecule has 1 saturated heterocycles. The molecular weight excluding hydrogens is 424 g/mol. The largest absolute Gasteiger partial charge is 0.322 e. The first kappa shape index (κ1) is 22.2. The Morgan fingerprint density at radius 2 is 1.66 bits per heavy atom. The van der Waals surface area contributed by atoms with Crippen molar-refractivity contribution in [3.8, 4) is 5.69 Å². The minimum Gasteiger partial charge on any atom is -0.322 e. The Kier molecular flexibility index (Phi) is 6.43. The van der Waals surface area contributed by atoms with E-state index >= 15 is 0 Å². The Bertz CT molecular complexity index is 1210. The van der Waals surface area contributed by atoms with E-state index in [1.165, 1.54) is 0 Å². The maximum Gasteiger partial charge on any atom is 0.259 e. The maximum atomic E-state index is 12.9. The number of rotatable bonds is 5. The smallest absolute Gasteiger partial charge is 0.259 e. The van der Waals surface area contributed by atoms with Crippen molar-refractivity contribution in [2.45, 2.75) is 44.4 Å². The molecule has 7 nitrogen and oxygen atoms in total. The standard InChI is InChI=1S/C24H28N4O3S/c1-18-8-7-9-21(16-18)28-19(2)23(17-25-28)24(29)26-20-10-12-22(13-11-20)32(30,31)27-14-5-3-4-6-15-27/h7-13,16-17H,3-6,14-15H2,1-2H3,(H,26,29). The van der Waals surface area contributed by atoms with Gasteiger partial charge in [0.1, 0.15) is 0 Å². The molecule has 1 fully saturated rings. The third-order valence-electron chi connectivity index (χ3n) is 5.82. The number of carbonyl (C=O) groups is 1. The summed E-state index contributed by atoms with van der Waals surface area (Å²) in [4.78, 5) is 13.1. The number of hydrogen-bond donors (Lipinski definition) is 1. The van der Waals surface area contributed by atoms with Crippen LogP contribution < -0.4 is 5.32 Å². The summed E-state index contributed by atoms with van der Waals surface area (Å²) in [6.45, 7) is 4.98. The van der Waals surface area contributed by atoms with E-state index in [-0.39, 0.29) is 10.8 Å². The average molecular weight is 453 g/mol. The van der Waals surface area contributed by atoms with Crippen LogP contribution in [-0.2, 0) is 10.0 Å². The van der Waals surface area contributed by atoms with Crippen LogP contribution >= 0.6 is 0 Å². The van der Waals surface area contributed by atoms with Gasteiger partial charge in [-0.2, -0.15) is 9.40 Å². The molecule has 0 spiro atoms. The minimum atomic E-state index is -3.51. The SMILES string of the molecule is Cc1cccc(-n2ncc(C(=O)Nc3ccc(S(=O)(=O)N4CCCCCC4)cc3)c2C)c1. The lowest BCUT2D eigenvalue weighted by Crippen LogP contribution is -2.31. The molecule has 1 amide bonds. The van der Waals surface area contributed by atoms with Crippen molar-refractivity contribution in [1.82, 2.24) is 14.1 Å². The number of carbonyl (C=O) groups excluding carboxylic acids is 1. The minimum absolute atomic E-state index is 0.251. The summed E-state index contributed by atoms with van der Waals surface area (Å²) >= 11 is 0. The fraction of sp³-hybridized carbons (Fsp3) is 0.333. The fourth-order valence-corrected chi connectivity index (χ4v) is 5.51. The topological polar surface area (TPSA) is 84.3 Å². The second-order valence-corrected chi connectivity index (χ2v) is 10.1. The predicted octanol–water partition coefficient (Wildman–Crippen LogP) is 4.31. The predicted molar refractivity (Wildman–Crippen MR) is 125 cm³/mol. The normalized spacial score (nSPS) is 15.3. The van der Waals surface area contributed by atoms with Crippen molar-refractivity contribution in [2.75, 3.05) is 18.4 Å². The first-order chi connectivity index (χ1) is 15.4. The molecule has 0 radical (unpaired) electrons. The van der Waals surface area contributed by atoms with Crippen LogP contribution in [0.15, 0.2) is 59.6 Å². The number of anilines is 1. The van der Waals surface area contributed by atoms with Crippen LogP contribution in [0.25, 0.3) is 5.69 Å². The van der Waals surface area contributed by atoms with Crippen molar-refractivity contribution < 1.29 is 13.2 Å². The highest BCUT2D eigenvalue weighted by Gasteiger charge is 2.25. The number of benzene rings is 2. The Morgan fingerprint density at radius 1 is 0.969 bits per heavy atom. The van der Waals surface area contributed by atoms with Crippen LogP contribution in [0.2, 0.25) is 0 Å². The third-order valence-corrected chi connectivity index (χ3v) is 7.73. The number of nitrogens with one attached hydrogen (secondary N) is 1. The van der Waals surface area contributed by atoms with Crippen LogP contribution in [0.4, 0.5) is 5.69 Å². The summed E-state index contributed by atoms with van der Waals surface area (Å²) in [7, 11) is -3.51. The van der Waals surface area contributed by atoms with Crippen molar-refractivity contribution in [3.05, 3.63) is 71.5 Å². The molecule has 4 rings (SSSR count). The first-order valence-corrected chi connectivity index (χ1v) is 12.3. The summed E-state index contributed by atoms with van der Waals surface area (Å²) in [5, 5.41) is 7.21. The molecule has 0 saturated carbocycles. The number of amides is 1. The molecule has 0 atom stereocenters. The van der Waals surface area contributed by atoms with Gasteiger partial charge in [0, 0.05) is 18.8 Å². The summed E-state index contributed by atoms with van der Waals surface area (Å²) in [5.74, 6) is -0.287. The highest BCUT2D eigenvalue weighted by molar-refractivity contribution is 7.89. The zero-order valence-corrected chi connectivity index (χ0v) is 19.2. The maximum absolute atomic E-state index is 12.9. The summed E-state index contributed by atoms with van der Waals surface area (Å²) < 4.78 is 29.2. The van der Waals surface area contributed by atoms with Crippen LogP contribution in [0.3, 0.4) is 0 Å². The van der Waals surface area contributed by atoms with Crippen molar-refractivity contribution in [1.29, 1.82) is 0 Å². The Balaban J connectivity index is 1.49. The van der Waals surface area contributed by atoms with Gasteiger partial charge >= 0.3 is 0 Å². The molecule has 2 heterocycles. The molecule has 1 aliphatic heterocycles. The molecule has 1 N–H and O–H groups in total. The number of aromatic nitrogens is 2. The van der Waals surface area contributed by atoms with E-state index in [4.69, 9.17) is 0 Å². The number of hydrogen-bond acceptors (Lipinski definition) is 4. The molecule has 1 aliphatic rings. The molecule has 1 aromatic heterocycles. The first-order valence-electron chi connectivity index (χ1n) is 10.9. The zero-order valence-electron chi connectivity index (χ0n) is 18.4. The number of aryl methyl sites for hydroxylation is 1. The van der Waals surface area contributed by atoms with Crippen LogP contribution in [0.1, 0.15) is 47.3 Å². The molecule has 3 aromatic rings. The van der Waals surface area contributed by atoms with Gasteiger partial charge in [-0.3, -0.25) is 4.79 Å². The lowest BCUT2D eigenvalue weighted by Gasteiger charge is -2.20. The van der Waals surface area contributed by atoms with Gasteiger partial charge in [-0.05, 0) is 68.7 Å². The lowest BCUT2D eigenvalue weighted by atomic mass is 10.2. The molecule has 32 heavy (non-hydrogen) atoms. The van der Waals surface area contributed by atoms with Crippen molar-refractivity contribution >= 4 is 21.6 Å². The molecule has 168 valence electrons. The van der Waals surface area contributed by atoms with Gasteiger partial charge in [0.2, 0.25) is 10.0 Å². The van der Waals surface area contributed by atoms with Gasteiger partial charge in [0.15, 0.2) is 0 Å². The monoisotopic (exact) mass is 452 g/mol. The van der Waals surface area contributed by atoms with Crippen molar-refractivity contribution in [3.63, 3.8) is 0 Å². The van der Waals surface area contributed by atoms with E-state index in [0.29, 0.717) is 24.3 Å².